The fourth-order valence-electron chi connectivity index (χ4n) is 5.59. The van der Waals surface area contributed by atoms with Gasteiger partial charge >= 0.3 is 148 Å². The van der Waals surface area contributed by atoms with Crippen LogP contribution < -0.4 is 167 Å². The van der Waals surface area contributed by atoms with Crippen LogP contribution in [-0.2, 0) is 87.5 Å². The third kappa shape index (κ3) is 23.2. The molecule has 0 saturated carbocycles. The molecule has 0 aliphatic carbocycles. The van der Waals surface area contributed by atoms with Gasteiger partial charge in [0.25, 0.3) is 0 Å². The van der Waals surface area contributed by atoms with Crippen molar-refractivity contribution >= 4 is 53.1 Å². The van der Waals surface area contributed by atoms with Crippen LogP contribution in [0.2, 0.25) is 0 Å². The molecule has 4 unspecified atom stereocenters. The minimum Gasteiger partial charge on any atom is -0.735 e. The molecule has 0 spiro atoms. The van der Waals surface area contributed by atoms with Gasteiger partial charge in [0.2, 0.25) is 43.4 Å². The van der Waals surface area contributed by atoms with E-state index in [0.717, 1.165) is 0 Å². The second-order valence-electron chi connectivity index (χ2n) is 12.8. The number of carboxylic acids is 2. The summed E-state index contributed by atoms with van der Waals surface area (Å²) in [7, 11) is -20.1. The molecule has 0 aromatic rings. The monoisotopic (exact) mass is 1100 g/mol. The zero-order chi connectivity index (χ0) is 47.4. The van der Waals surface area contributed by atoms with E-state index in [2.05, 4.69) is 8.37 Å². The molecule has 16 atom stereocenters. The topological polar surface area (TPSA) is 546 Å². The van der Waals surface area contributed by atoms with E-state index in [1.165, 1.54) is 4.72 Å². The molecule has 4 rings (SSSR count). The predicted molar refractivity (Wildman–Crippen MR) is 173 cm³/mol. The first-order valence-corrected chi connectivity index (χ1v) is 22.3. The Morgan fingerprint density at radius 3 is 1.46 bits per heavy atom. The molecule has 0 aromatic carbocycles. The Morgan fingerprint density at radius 1 is 0.627 bits per heavy atom. The number of sulfonamides is 1. The van der Waals surface area contributed by atoms with Crippen molar-refractivity contribution in [2.75, 3.05) is 19.5 Å². The van der Waals surface area contributed by atoms with E-state index in [0.29, 0.717) is 18.4 Å². The smallest absolute Gasteiger partial charge is 0.735 e. The van der Waals surface area contributed by atoms with E-state index in [4.69, 9.17) is 28.4 Å². The average molecular weight is 1100 g/mol. The molecular formula is C25H35N2Na5O31S4. The van der Waals surface area contributed by atoms with Crippen molar-refractivity contribution < 1.29 is 293 Å². The van der Waals surface area contributed by atoms with E-state index in [-0.39, 0.29) is 148 Å². The Balaban J connectivity index is -0.00000114. The van der Waals surface area contributed by atoms with E-state index in [1.807, 2.05) is 4.72 Å². The molecule has 33 nitrogen and oxygen atoms in total. The van der Waals surface area contributed by atoms with Gasteiger partial charge in [0, 0.05) is 0 Å². The average Bonchev–Trinajstić information content (AvgIpc) is 3.11. The summed E-state index contributed by atoms with van der Waals surface area (Å²) in [6.45, 7) is -2.15. The molecule has 42 heteroatoms. The Labute approximate surface area is 490 Å². The molecule has 4 heterocycles. The molecule has 0 aromatic heterocycles. The van der Waals surface area contributed by atoms with Crippen LogP contribution in [0.15, 0.2) is 23.7 Å². The number of ether oxygens (including phenoxy) is 6. The summed E-state index contributed by atoms with van der Waals surface area (Å²) in [6.07, 6.45) is -26.5. The third-order valence-electron chi connectivity index (χ3n) is 8.15. The number of aliphatic carboxylic acids is 2. The van der Waals surface area contributed by atoms with Crippen LogP contribution in [0.1, 0.15) is 0 Å². The van der Waals surface area contributed by atoms with Crippen molar-refractivity contribution in [2.45, 2.75) is 98.3 Å². The largest absolute Gasteiger partial charge is 1.00 e. The van der Waals surface area contributed by atoms with Gasteiger partial charge in [-0.05, 0) is 12.2 Å². The quantitative estimate of drug-likeness (QED) is 0.0390. The molecule has 0 amide bonds. The van der Waals surface area contributed by atoms with Gasteiger partial charge in [-0.25, -0.2) is 43.1 Å². The normalized spacial score (nSPS) is 34.3. The maximum atomic E-state index is 11.5. The minimum atomic E-state index is -5.48. The number of rotatable bonds is 16. The molecule has 4 aliphatic heterocycles. The number of hydrogen-bond donors (Lipinski definition) is 10. The molecule has 10 N–H and O–H groups in total. The molecule has 0 bridgehead atoms. The van der Waals surface area contributed by atoms with Crippen LogP contribution >= 0.6 is 0 Å². The van der Waals surface area contributed by atoms with Gasteiger partial charge in [-0.15, -0.1) is 0 Å². The van der Waals surface area contributed by atoms with Crippen molar-refractivity contribution in [1.29, 1.82) is 0 Å². The van der Waals surface area contributed by atoms with Crippen LogP contribution in [-0.4, -0.2) is 218 Å². The zero-order valence-corrected chi connectivity index (χ0v) is 48.7. The second-order valence-corrected chi connectivity index (χ2v) is 17.7. The van der Waals surface area contributed by atoms with Gasteiger partial charge in [-0.3, -0.25) is 8.37 Å². The number of aliphatic hydroxyl groups excluding tert-OH is 8. The predicted octanol–water partition coefficient (Wildman–Crippen LogP) is -28.4. The number of carbonyl (C=O) groups is 2. The number of carbonyl (C=O) groups excluding carboxylic acids is 2. The molecule has 2 fully saturated rings. The van der Waals surface area contributed by atoms with Crippen molar-refractivity contribution in [1.82, 2.24) is 9.44 Å². The maximum Gasteiger partial charge on any atom is 1.00 e. The van der Waals surface area contributed by atoms with E-state index in [1.54, 1.807) is 0 Å². The van der Waals surface area contributed by atoms with Gasteiger partial charge in [-0.1, -0.05) is 0 Å². The Hall–Kier alpha value is 2.06. The van der Waals surface area contributed by atoms with Gasteiger partial charge in [0.15, 0.2) is 29.0 Å². The van der Waals surface area contributed by atoms with Crippen molar-refractivity contribution in [3.63, 3.8) is 0 Å². The van der Waals surface area contributed by atoms with Crippen molar-refractivity contribution in [3.8, 4) is 0 Å². The number of hydrogen-bond acceptors (Lipinski definition) is 31. The Bertz CT molecular complexity index is 2120. The molecule has 67 heavy (non-hydrogen) atoms. The van der Waals surface area contributed by atoms with Gasteiger partial charge < -0.3 is 103 Å². The van der Waals surface area contributed by atoms with Gasteiger partial charge in [-0.2, -0.15) is 0 Å². The summed E-state index contributed by atoms with van der Waals surface area (Å²) in [5.74, 6) is -5.95. The number of carboxylic acid groups (broad SMARTS) is 2. The summed E-state index contributed by atoms with van der Waals surface area (Å²) in [5.41, 5.74) is 0. The molecule has 360 valence electrons. The fourth-order valence-corrected chi connectivity index (χ4v) is 7.71. The van der Waals surface area contributed by atoms with Crippen molar-refractivity contribution in [3.05, 3.63) is 23.7 Å². The van der Waals surface area contributed by atoms with Crippen LogP contribution in [0, 0.1) is 0 Å². The van der Waals surface area contributed by atoms with Crippen LogP contribution in [0.4, 0.5) is 0 Å². The van der Waals surface area contributed by atoms with Crippen LogP contribution in [0.25, 0.3) is 0 Å². The zero-order valence-electron chi connectivity index (χ0n) is 35.4. The standard InChI is InChI=1S/C13H21NO15S2.C12H19NO16S2.5Na/c1-30(21,22)14-7-8(17)10(6(3-15)26-12(7)20)28-13-9(29-31(23,24)25)4(16)2-5(27-13)11(18)19;14-3-1-4(10(17)18)28-12(7(3)15)29-9-5(2-26-31(23,24)25)27-11(19)6(8(9)16)13-30(20,21)22;;;;;/h2,4,6-10,12-17,20H,3H2,1H3,(H,18,19)(H,23,24,25);1,3,5-9,11-16,19H,2H2,(H,17,18)(H,20,21,22)(H,23,24,25);;;;;/q;;5*+1/p-5/t4-,6+,7+,8+,9+,10?,12?,13-;3-,5+,6+,7+,8+,9?,11?,12-;;;;;/m00...../s1. The van der Waals surface area contributed by atoms with E-state index >= 15 is 0 Å². The van der Waals surface area contributed by atoms with Crippen molar-refractivity contribution in [2.24, 2.45) is 0 Å². The summed E-state index contributed by atoms with van der Waals surface area (Å²) >= 11 is 0. The summed E-state index contributed by atoms with van der Waals surface area (Å²) < 4.78 is 162. The van der Waals surface area contributed by atoms with Crippen LogP contribution in [0.5, 0.6) is 0 Å². The summed E-state index contributed by atoms with van der Waals surface area (Å²) in [6, 6.07) is -3.86. The molecule has 4 aliphatic rings. The molecule has 0 radical (unpaired) electrons. The SMILES string of the molecule is CS(=O)(=O)N[C@H]1C(O)O[C@H](CO)C(O[C@@H]2OC(C(=O)[O-])=C[C@H](O)[C@H]2OS(=O)(=O)[O-])[C@@H]1O.O=C([O-])C1=C[C@H](O)[C@@H](O)[C@H](OC2[C@@H](COS(=O)(=O)[O-])OC(O)[C@H](NS(=O)(=O)[O-])[C@H]2O)O1.[Na+].[Na+].[Na+].[Na+].[Na+]. The van der Waals surface area contributed by atoms with Crippen LogP contribution in [0.3, 0.4) is 0 Å². The number of aliphatic hydroxyl groups is 8. The molecule has 2 saturated heterocycles. The first-order chi connectivity index (χ1) is 28.2. The fraction of sp³-hybridized carbons (Fsp3) is 0.760. The third-order valence-corrected chi connectivity index (χ3v) is 10.3. The first-order valence-electron chi connectivity index (χ1n) is 16.4. The Kier molecular flexibility index (Phi) is 33.4. The minimum absolute atomic E-state index is 0. The van der Waals surface area contributed by atoms with Gasteiger partial charge in [0.1, 0.15) is 90.5 Å². The first kappa shape index (κ1) is 73.3. The van der Waals surface area contributed by atoms with Gasteiger partial charge in [0.05, 0.1) is 19.5 Å². The van der Waals surface area contributed by atoms with E-state index in [9.17, 15) is 108 Å². The molecular weight excluding hydrogens is 1070 g/mol. The van der Waals surface area contributed by atoms with E-state index < -0.39 is 176 Å². The maximum absolute atomic E-state index is 11.5. The Morgan fingerprint density at radius 2 is 1.04 bits per heavy atom. The summed E-state index contributed by atoms with van der Waals surface area (Å²) in [4.78, 5) is 22.0. The number of nitrogens with one attached hydrogen (secondary N) is 2. The summed E-state index contributed by atoms with van der Waals surface area (Å²) in [5, 5.41) is 102. The second kappa shape index (κ2) is 30.6.